The topological polar surface area (TPSA) is 77.0 Å². The number of nitrogens with zero attached hydrogens (tertiary/aromatic N) is 3. The molecule has 0 radical (unpaired) electrons. The van der Waals surface area contributed by atoms with E-state index in [4.69, 9.17) is 0 Å². The van der Waals surface area contributed by atoms with Crippen molar-refractivity contribution in [1.29, 1.82) is 0 Å². The van der Waals surface area contributed by atoms with Crippen LogP contribution in [0.25, 0.3) is 0 Å². The maximum Gasteiger partial charge on any atom is 0.0874 e. The fourth-order valence-electron chi connectivity index (χ4n) is 0.590. The number of benzene rings is 1. The number of hydrazine groups is 1. The van der Waals surface area contributed by atoms with Crippen molar-refractivity contribution < 1.29 is 0 Å². The van der Waals surface area contributed by atoms with E-state index in [9.17, 15) is 5.21 Å². The Morgan fingerprint density at radius 3 is 2.45 bits per heavy atom. The minimum atomic E-state index is -0.0903. The fourth-order valence-corrected chi connectivity index (χ4v) is 0.590. The molecule has 0 atom stereocenters. The molecule has 0 heterocycles. The van der Waals surface area contributed by atoms with Crippen LogP contribution in [0.2, 0.25) is 0 Å². The lowest BCUT2D eigenvalue weighted by Gasteiger charge is -2.12. The van der Waals surface area contributed by atoms with E-state index in [1.54, 1.807) is 24.3 Å². The quantitative estimate of drug-likeness (QED) is 0.393. The summed E-state index contributed by atoms with van der Waals surface area (Å²) in [6.07, 6.45) is 0. The zero-order valence-electron chi connectivity index (χ0n) is 5.71. The third-order valence-electron chi connectivity index (χ3n) is 1.00. The molecule has 0 unspecified atom stereocenters. The third-order valence-corrected chi connectivity index (χ3v) is 1.00. The molecule has 0 saturated carbocycles. The summed E-state index contributed by atoms with van der Waals surface area (Å²) in [5, 5.41) is 16.6. The summed E-state index contributed by atoms with van der Waals surface area (Å²) in [7, 11) is 0. The van der Waals surface area contributed by atoms with E-state index in [1.807, 2.05) is 6.07 Å². The van der Waals surface area contributed by atoms with Gasteiger partial charge in [0.1, 0.15) is 0 Å². The van der Waals surface area contributed by atoms with Crippen molar-refractivity contribution in [2.75, 3.05) is 0 Å². The molecule has 0 aliphatic heterocycles. The Morgan fingerprint density at radius 1 is 1.27 bits per heavy atom. The molecule has 11 heavy (non-hydrogen) atoms. The highest BCUT2D eigenvalue weighted by molar-refractivity contribution is 5.34. The van der Waals surface area contributed by atoms with E-state index in [1.165, 1.54) is 0 Å². The Kier molecular flexibility index (Phi) is 2.53. The molecule has 0 aromatic heterocycles. The van der Waals surface area contributed by atoms with Crippen LogP contribution in [-0.4, -0.2) is 5.28 Å². The molecular formula is C6H7N4O-. The largest absolute Gasteiger partial charge is 0.725 e. The molecule has 1 aromatic carbocycles. The number of rotatable bonds is 2. The highest BCUT2D eigenvalue weighted by Gasteiger charge is 1.82. The molecule has 0 spiro atoms. The van der Waals surface area contributed by atoms with E-state index in [-0.39, 0.29) is 5.28 Å². The smallest absolute Gasteiger partial charge is 0.0874 e. The van der Waals surface area contributed by atoms with Crippen LogP contribution >= 0.6 is 0 Å². The van der Waals surface area contributed by atoms with Crippen LogP contribution in [0.3, 0.4) is 0 Å². The highest BCUT2D eigenvalue weighted by atomic mass is 16.6. The molecule has 0 aliphatic carbocycles. The van der Waals surface area contributed by atoms with Gasteiger partial charge in [-0.2, -0.15) is 0 Å². The minimum Gasteiger partial charge on any atom is -0.725 e. The second-order valence-corrected chi connectivity index (χ2v) is 1.83. The average Bonchev–Trinajstić information content (AvgIpc) is 2.03. The summed E-state index contributed by atoms with van der Waals surface area (Å²) < 4.78 is 0. The van der Waals surface area contributed by atoms with Crippen molar-refractivity contribution >= 4 is 5.69 Å². The van der Waals surface area contributed by atoms with Crippen LogP contribution in [0.1, 0.15) is 0 Å². The van der Waals surface area contributed by atoms with Crippen LogP contribution in [0, 0.1) is 5.21 Å². The number of nitrogens with two attached hydrogens (primary N) is 1. The van der Waals surface area contributed by atoms with E-state index in [0.717, 1.165) is 0 Å². The second-order valence-electron chi connectivity index (χ2n) is 1.83. The van der Waals surface area contributed by atoms with Gasteiger partial charge in [0, 0.05) is 0 Å². The lowest BCUT2D eigenvalue weighted by molar-refractivity contribution is 0.395. The van der Waals surface area contributed by atoms with Gasteiger partial charge in [0.05, 0.1) is 5.69 Å². The summed E-state index contributed by atoms with van der Waals surface area (Å²) in [6.45, 7) is 0. The predicted molar refractivity (Wildman–Crippen MR) is 40.4 cm³/mol. The molecule has 0 amide bonds. The predicted octanol–water partition coefficient (Wildman–Crippen LogP) is 1.36. The van der Waals surface area contributed by atoms with Crippen molar-refractivity contribution in [3.63, 3.8) is 0 Å². The van der Waals surface area contributed by atoms with Crippen molar-refractivity contribution in [2.45, 2.75) is 0 Å². The minimum absolute atomic E-state index is 0.0903. The van der Waals surface area contributed by atoms with Crippen LogP contribution in [-0.2, 0) is 0 Å². The summed E-state index contributed by atoms with van der Waals surface area (Å²) >= 11 is 0. The zero-order chi connectivity index (χ0) is 8.10. The summed E-state index contributed by atoms with van der Waals surface area (Å²) in [6, 6.07) is 8.86. The standard InChI is InChI=1S/C6H7N4O/c7-10(11)9-8-6-4-2-1-3-5-6/h1-5H,7H2/q-1. The van der Waals surface area contributed by atoms with Crippen LogP contribution < -0.4 is 5.84 Å². The average molecular weight is 151 g/mol. The maximum absolute atomic E-state index is 10.1. The Morgan fingerprint density at radius 2 is 1.91 bits per heavy atom. The molecule has 2 N–H and O–H groups in total. The molecule has 0 aliphatic rings. The Labute approximate surface area is 63.7 Å². The van der Waals surface area contributed by atoms with Gasteiger partial charge in [-0.25, -0.2) is 5.84 Å². The van der Waals surface area contributed by atoms with Gasteiger partial charge < -0.3 is 5.21 Å². The van der Waals surface area contributed by atoms with Crippen molar-refractivity contribution in [3.05, 3.63) is 35.5 Å². The maximum atomic E-state index is 10.1. The zero-order valence-corrected chi connectivity index (χ0v) is 5.71. The molecular weight excluding hydrogens is 144 g/mol. The SMILES string of the molecule is NN([O-])N=Nc1ccccc1. The lowest BCUT2D eigenvalue weighted by Crippen LogP contribution is -2.15. The van der Waals surface area contributed by atoms with Gasteiger partial charge in [0.15, 0.2) is 0 Å². The first-order chi connectivity index (χ1) is 5.29. The molecule has 0 bridgehead atoms. The lowest BCUT2D eigenvalue weighted by atomic mass is 10.3. The Balaban J connectivity index is 2.65. The van der Waals surface area contributed by atoms with E-state index in [0.29, 0.717) is 5.69 Å². The van der Waals surface area contributed by atoms with Crippen LogP contribution in [0.15, 0.2) is 40.7 Å². The molecule has 1 rings (SSSR count). The van der Waals surface area contributed by atoms with Crippen molar-refractivity contribution in [2.24, 2.45) is 16.2 Å². The molecule has 5 nitrogen and oxygen atoms in total. The molecule has 0 saturated heterocycles. The van der Waals surface area contributed by atoms with Crippen LogP contribution in [0.5, 0.6) is 0 Å². The first kappa shape index (κ1) is 7.64. The van der Waals surface area contributed by atoms with Gasteiger partial charge in [0.25, 0.3) is 0 Å². The normalized spacial score (nSPS) is 10.4. The molecule has 0 fully saturated rings. The van der Waals surface area contributed by atoms with Gasteiger partial charge in [-0.05, 0) is 12.1 Å². The monoisotopic (exact) mass is 151 g/mol. The fraction of sp³-hybridized carbons (Fsp3) is 0. The van der Waals surface area contributed by atoms with E-state index >= 15 is 0 Å². The first-order valence-corrected chi connectivity index (χ1v) is 2.98. The van der Waals surface area contributed by atoms with Gasteiger partial charge in [0.2, 0.25) is 0 Å². The Hall–Kier alpha value is -1.46. The summed E-state index contributed by atoms with van der Waals surface area (Å²) in [5.74, 6) is 4.66. The van der Waals surface area contributed by atoms with E-state index in [2.05, 4.69) is 16.2 Å². The molecule has 1 aromatic rings. The third kappa shape index (κ3) is 2.74. The van der Waals surface area contributed by atoms with E-state index < -0.39 is 0 Å². The molecule has 58 valence electrons. The van der Waals surface area contributed by atoms with Gasteiger partial charge in [-0.3, -0.25) is 5.28 Å². The highest BCUT2D eigenvalue weighted by Crippen LogP contribution is 2.09. The number of hydrogen-bond acceptors (Lipinski definition) is 4. The van der Waals surface area contributed by atoms with Gasteiger partial charge in [-0.15, -0.1) is 5.11 Å². The molecule has 5 heteroatoms. The van der Waals surface area contributed by atoms with Crippen molar-refractivity contribution in [1.82, 2.24) is 5.28 Å². The first-order valence-electron chi connectivity index (χ1n) is 2.98. The number of hydrogen-bond donors (Lipinski definition) is 1. The Bertz CT molecular complexity index is 234. The van der Waals surface area contributed by atoms with Gasteiger partial charge >= 0.3 is 0 Å². The second kappa shape index (κ2) is 3.65. The summed E-state index contributed by atoms with van der Waals surface area (Å²) in [5.41, 5.74) is 0.596. The summed E-state index contributed by atoms with van der Waals surface area (Å²) in [4.78, 5) is 0. The van der Waals surface area contributed by atoms with Crippen molar-refractivity contribution in [3.8, 4) is 0 Å². The van der Waals surface area contributed by atoms with Gasteiger partial charge in [-0.1, -0.05) is 23.4 Å². The van der Waals surface area contributed by atoms with Crippen LogP contribution in [0.4, 0.5) is 5.69 Å².